The van der Waals surface area contributed by atoms with Gasteiger partial charge in [-0.15, -0.1) is 0 Å². The number of nitrogens with one attached hydrogen (secondary N) is 1. The second kappa shape index (κ2) is 9.82. The second-order valence-corrected chi connectivity index (χ2v) is 10.4. The summed E-state index contributed by atoms with van der Waals surface area (Å²) in [5.74, 6) is 1.29. The van der Waals surface area contributed by atoms with Crippen molar-refractivity contribution in [2.45, 2.75) is 41.8 Å². The summed E-state index contributed by atoms with van der Waals surface area (Å²) in [7, 11) is 0. The number of rotatable bonds is 6. The van der Waals surface area contributed by atoms with Gasteiger partial charge >= 0.3 is 0 Å². The highest BCUT2D eigenvalue weighted by Crippen LogP contribution is 2.43. The topological polar surface area (TPSA) is 41.3 Å². The van der Waals surface area contributed by atoms with Crippen molar-refractivity contribution in [1.29, 1.82) is 0 Å². The monoisotopic (exact) mass is 505 g/mol. The third kappa shape index (κ3) is 4.71. The van der Waals surface area contributed by atoms with Crippen LogP contribution in [0.4, 0.5) is 5.69 Å². The molecular weight excluding hydrogens is 482 g/mol. The van der Waals surface area contributed by atoms with Gasteiger partial charge in [0.1, 0.15) is 11.8 Å². The van der Waals surface area contributed by atoms with Crippen molar-refractivity contribution in [2.24, 2.45) is 0 Å². The van der Waals surface area contributed by atoms with Gasteiger partial charge < -0.3 is 14.6 Å². The van der Waals surface area contributed by atoms with E-state index in [9.17, 15) is 0 Å². The zero-order valence-corrected chi connectivity index (χ0v) is 21.2. The molecular formula is C27H24ClN3OS2. The Balaban J connectivity index is 1.51. The molecule has 0 aliphatic carbocycles. The maximum absolute atomic E-state index is 6.38. The number of benzene rings is 2. The lowest BCUT2D eigenvalue weighted by molar-refractivity contribution is 0.383. The Morgan fingerprint density at radius 3 is 2.44 bits per heavy atom. The Kier molecular flexibility index (Phi) is 6.63. The molecule has 0 spiro atoms. The number of hydrogen-bond donors (Lipinski definition) is 1. The van der Waals surface area contributed by atoms with Crippen LogP contribution in [0.3, 0.4) is 0 Å². The van der Waals surface area contributed by atoms with Crippen LogP contribution in [0.2, 0.25) is 5.02 Å². The number of halogens is 1. The Hall–Kier alpha value is -2.80. The number of furan rings is 1. The minimum absolute atomic E-state index is 0.141. The molecule has 1 saturated heterocycles. The molecule has 0 unspecified atom stereocenters. The van der Waals surface area contributed by atoms with Crippen molar-refractivity contribution in [3.63, 3.8) is 0 Å². The molecule has 4 aromatic rings. The van der Waals surface area contributed by atoms with E-state index in [1.807, 2.05) is 54.6 Å². The van der Waals surface area contributed by atoms with Gasteiger partial charge in [-0.2, -0.15) is 0 Å². The molecule has 2 atom stereocenters. The summed E-state index contributed by atoms with van der Waals surface area (Å²) in [6.07, 6.45) is 1.81. The first-order valence-electron chi connectivity index (χ1n) is 11.1. The first kappa shape index (κ1) is 23.0. The minimum Gasteiger partial charge on any atom is -0.452 e. The van der Waals surface area contributed by atoms with E-state index >= 15 is 0 Å². The molecule has 7 heteroatoms. The van der Waals surface area contributed by atoms with Crippen LogP contribution in [-0.2, 0) is 0 Å². The Morgan fingerprint density at radius 2 is 1.76 bits per heavy atom. The van der Waals surface area contributed by atoms with Gasteiger partial charge in [-0.3, -0.25) is 4.98 Å². The van der Waals surface area contributed by atoms with E-state index in [0.29, 0.717) is 16.1 Å². The van der Waals surface area contributed by atoms with Crippen molar-refractivity contribution < 1.29 is 4.42 Å². The van der Waals surface area contributed by atoms with Crippen LogP contribution in [0, 0.1) is 0 Å². The van der Waals surface area contributed by atoms with Gasteiger partial charge in [0.15, 0.2) is 10.2 Å². The summed E-state index contributed by atoms with van der Waals surface area (Å²) >= 11 is 13.4. The lowest BCUT2D eigenvalue weighted by atomic mass is 10.0. The number of thiocarbonyl (C=S) groups is 1. The molecule has 2 aromatic heterocycles. The van der Waals surface area contributed by atoms with Crippen LogP contribution < -0.4 is 10.2 Å². The maximum Gasteiger partial charge on any atom is 0.174 e. The Labute approximate surface area is 214 Å². The molecule has 3 heterocycles. The number of hydrogen-bond acceptors (Lipinski definition) is 4. The standard InChI is InChI=1S/C27H24ClN3OS2/c1-17(2)18-6-10-20(11-7-18)31-26(25(30-27(31)33)22-5-3-4-16-29-22)23-14-15-24(32-23)34-21-12-8-19(28)9-13-21/h3-17,25-26H,1-2H3,(H,30,33)/t25-,26-/m0/s1. The summed E-state index contributed by atoms with van der Waals surface area (Å²) < 4.78 is 6.38. The predicted molar refractivity (Wildman–Crippen MR) is 143 cm³/mol. The molecule has 0 radical (unpaired) electrons. The first-order chi connectivity index (χ1) is 16.5. The molecule has 0 bridgehead atoms. The lowest BCUT2D eigenvalue weighted by Crippen LogP contribution is -2.29. The normalized spacial score (nSPS) is 17.9. The number of aromatic nitrogens is 1. The molecule has 1 N–H and O–H groups in total. The van der Waals surface area contributed by atoms with E-state index < -0.39 is 0 Å². The van der Waals surface area contributed by atoms with E-state index in [1.54, 1.807) is 18.0 Å². The second-order valence-electron chi connectivity index (χ2n) is 8.46. The van der Waals surface area contributed by atoms with Gasteiger partial charge in [0.25, 0.3) is 0 Å². The Morgan fingerprint density at radius 1 is 1.00 bits per heavy atom. The van der Waals surface area contributed by atoms with Crippen LogP contribution in [-0.4, -0.2) is 10.1 Å². The summed E-state index contributed by atoms with van der Waals surface area (Å²) in [5.41, 5.74) is 3.23. The molecule has 5 rings (SSSR count). The molecule has 1 aliphatic rings. The van der Waals surface area contributed by atoms with Crippen molar-refractivity contribution in [3.05, 3.63) is 107 Å². The zero-order chi connectivity index (χ0) is 23.7. The van der Waals surface area contributed by atoms with Crippen LogP contribution in [0.1, 0.15) is 48.9 Å². The summed E-state index contributed by atoms with van der Waals surface area (Å²) in [5, 5.41) is 5.66. The fourth-order valence-electron chi connectivity index (χ4n) is 4.11. The van der Waals surface area contributed by atoms with Crippen molar-refractivity contribution in [1.82, 2.24) is 10.3 Å². The molecule has 4 nitrogen and oxygen atoms in total. The van der Waals surface area contributed by atoms with Gasteiger partial charge in [-0.25, -0.2) is 0 Å². The molecule has 34 heavy (non-hydrogen) atoms. The fraction of sp³-hybridized carbons (Fsp3) is 0.185. The molecule has 1 fully saturated rings. The SMILES string of the molecule is CC(C)c1ccc(N2C(=S)N[C@@H](c3ccccn3)[C@@H]2c2ccc(Sc3ccc(Cl)cc3)o2)cc1. The summed E-state index contributed by atoms with van der Waals surface area (Å²) in [4.78, 5) is 7.81. The van der Waals surface area contributed by atoms with Crippen LogP contribution in [0.25, 0.3) is 0 Å². The third-order valence-corrected chi connectivity index (χ3v) is 7.36. The average molecular weight is 506 g/mol. The van der Waals surface area contributed by atoms with Crippen LogP contribution in [0.5, 0.6) is 0 Å². The van der Waals surface area contributed by atoms with E-state index in [1.165, 1.54) is 5.56 Å². The van der Waals surface area contributed by atoms with E-state index in [-0.39, 0.29) is 12.1 Å². The van der Waals surface area contributed by atoms with Crippen molar-refractivity contribution in [3.8, 4) is 0 Å². The summed E-state index contributed by atoms with van der Waals surface area (Å²) in [6.45, 7) is 4.39. The van der Waals surface area contributed by atoms with Gasteiger partial charge in [-0.1, -0.05) is 55.4 Å². The lowest BCUT2D eigenvalue weighted by Gasteiger charge is -2.26. The van der Waals surface area contributed by atoms with Crippen molar-refractivity contribution in [2.75, 3.05) is 4.90 Å². The van der Waals surface area contributed by atoms with E-state index in [4.69, 9.17) is 28.2 Å². The third-order valence-electron chi connectivity index (χ3n) is 5.86. The molecule has 0 saturated carbocycles. The number of anilines is 1. The molecule has 2 aromatic carbocycles. The van der Waals surface area contributed by atoms with Crippen LogP contribution in [0.15, 0.2) is 99.5 Å². The molecule has 1 aliphatic heterocycles. The average Bonchev–Trinajstić information content (AvgIpc) is 3.45. The highest BCUT2D eigenvalue weighted by Gasteiger charge is 2.42. The quantitative estimate of drug-likeness (QED) is 0.270. The van der Waals surface area contributed by atoms with Gasteiger partial charge in [0.05, 0.1) is 11.7 Å². The fourth-order valence-corrected chi connectivity index (χ4v) is 5.36. The largest absolute Gasteiger partial charge is 0.452 e. The molecule has 172 valence electrons. The van der Waals surface area contributed by atoms with Crippen LogP contribution >= 0.6 is 35.6 Å². The highest BCUT2D eigenvalue weighted by atomic mass is 35.5. The number of pyridine rings is 1. The highest BCUT2D eigenvalue weighted by molar-refractivity contribution is 7.99. The van der Waals surface area contributed by atoms with Gasteiger partial charge in [0, 0.05) is 21.8 Å². The maximum atomic E-state index is 6.38. The molecule has 0 amide bonds. The zero-order valence-electron chi connectivity index (χ0n) is 18.8. The van der Waals surface area contributed by atoms with Gasteiger partial charge in [0.2, 0.25) is 0 Å². The van der Waals surface area contributed by atoms with E-state index in [2.05, 4.69) is 53.3 Å². The van der Waals surface area contributed by atoms with E-state index in [0.717, 1.165) is 27.1 Å². The smallest absolute Gasteiger partial charge is 0.174 e. The van der Waals surface area contributed by atoms with Gasteiger partial charge in [-0.05, 0) is 84.4 Å². The van der Waals surface area contributed by atoms with Crippen molar-refractivity contribution >= 4 is 46.4 Å². The Bertz CT molecular complexity index is 1270. The number of nitrogens with zero attached hydrogens (tertiary/aromatic N) is 2. The minimum atomic E-state index is -0.174. The first-order valence-corrected chi connectivity index (χ1v) is 12.7. The predicted octanol–water partition coefficient (Wildman–Crippen LogP) is 7.78. The summed E-state index contributed by atoms with van der Waals surface area (Å²) in [6, 6.07) is 26.0.